The molecular weight excluding hydrogens is 372 g/mol. The van der Waals surface area contributed by atoms with Crippen LogP contribution in [-0.2, 0) is 0 Å². The summed E-state index contributed by atoms with van der Waals surface area (Å²) >= 11 is 3.40. The van der Waals surface area contributed by atoms with Gasteiger partial charge in [-0.1, -0.05) is 18.2 Å². The van der Waals surface area contributed by atoms with Crippen LogP contribution in [0.15, 0.2) is 57.4 Å². The molecule has 0 aliphatic carbocycles. The Bertz CT molecular complexity index is 931. The van der Waals surface area contributed by atoms with Gasteiger partial charge < -0.3 is 14.6 Å². The molecule has 0 spiro atoms. The van der Waals surface area contributed by atoms with E-state index in [0.29, 0.717) is 16.8 Å². The fourth-order valence-corrected chi connectivity index (χ4v) is 2.78. The third kappa shape index (κ3) is 3.19. The quantitative estimate of drug-likeness (QED) is 0.735. The molecule has 0 bridgehead atoms. The molecule has 1 aromatic heterocycles. The molecule has 2 aromatic carbocycles. The fourth-order valence-electron chi connectivity index (χ4n) is 2.32. The van der Waals surface area contributed by atoms with Crippen LogP contribution in [0.5, 0.6) is 0 Å². The number of carbonyl (C=O) groups excluding carboxylic acids is 2. The van der Waals surface area contributed by atoms with Crippen molar-refractivity contribution in [1.82, 2.24) is 4.90 Å². The first-order valence-corrected chi connectivity index (χ1v) is 8.06. The van der Waals surface area contributed by atoms with Gasteiger partial charge in [0.15, 0.2) is 5.76 Å². The number of anilines is 1. The van der Waals surface area contributed by atoms with E-state index < -0.39 is 0 Å². The molecule has 0 fully saturated rings. The minimum absolute atomic E-state index is 0.126. The minimum Gasteiger partial charge on any atom is -0.450 e. The van der Waals surface area contributed by atoms with E-state index in [9.17, 15) is 9.59 Å². The normalized spacial score (nSPS) is 10.6. The number of nitrogens with zero attached hydrogens (tertiary/aromatic N) is 1. The van der Waals surface area contributed by atoms with Gasteiger partial charge in [0.05, 0.1) is 4.47 Å². The van der Waals surface area contributed by atoms with Gasteiger partial charge in [0, 0.05) is 30.7 Å². The topological polar surface area (TPSA) is 62.6 Å². The highest BCUT2D eigenvalue weighted by molar-refractivity contribution is 9.10. The van der Waals surface area contributed by atoms with E-state index in [1.807, 2.05) is 18.2 Å². The molecule has 24 heavy (non-hydrogen) atoms. The number of hydrogen-bond acceptors (Lipinski definition) is 3. The molecule has 0 aliphatic heterocycles. The molecule has 1 N–H and O–H groups in total. The molecule has 0 saturated heterocycles. The van der Waals surface area contributed by atoms with Crippen LogP contribution in [0.4, 0.5) is 5.69 Å². The van der Waals surface area contributed by atoms with Crippen LogP contribution in [0.1, 0.15) is 20.9 Å². The van der Waals surface area contributed by atoms with Crippen molar-refractivity contribution in [1.29, 1.82) is 0 Å². The second kappa shape index (κ2) is 6.49. The third-order valence-electron chi connectivity index (χ3n) is 3.49. The first kappa shape index (κ1) is 16.3. The summed E-state index contributed by atoms with van der Waals surface area (Å²) in [5, 5.41) is 3.59. The van der Waals surface area contributed by atoms with Crippen LogP contribution in [0.3, 0.4) is 0 Å². The maximum absolute atomic E-state index is 12.4. The first-order valence-electron chi connectivity index (χ1n) is 7.27. The number of furan rings is 1. The monoisotopic (exact) mass is 386 g/mol. The van der Waals surface area contributed by atoms with E-state index in [2.05, 4.69) is 21.2 Å². The molecular formula is C18H15BrN2O3. The number of rotatable bonds is 3. The highest BCUT2D eigenvalue weighted by Crippen LogP contribution is 2.27. The van der Waals surface area contributed by atoms with Gasteiger partial charge in [-0.15, -0.1) is 0 Å². The average molecular weight is 387 g/mol. The van der Waals surface area contributed by atoms with Crippen LogP contribution in [0.25, 0.3) is 11.0 Å². The van der Waals surface area contributed by atoms with Crippen molar-refractivity contribution in [2.45, 2.75) is 0 Å². The highest BCUT2D eigenvalue weighted by atomic mass is 79.9. The van der Waals surface area contributed by atoms with E-state index in [1.165, 1.54) is 4.90 Å². The Hall–Kier alpha value is -2.60. The number of amides is 2. The number of halogens is 1. The molecule has 0 radical (unpaired) electrons. The molecule has 0 atom stereocenters. The predicted octanol–water partition coefficient (Wildman–Crippen LogP) is 4.15. The van der Waals surface area contributed by atoms with Crippen molar-refractivity contribution in [3.05, 3.63) is 64.3 Å². The molecule has 5 nitrogen and oxygen atoms in total. The number of fused-ring (bicyclic) bond motifs is 1. The lowest BCUT2D eigenvalue weighted by Crippen LogP contribution is -2.21. The molecule has 0 saturated carbocycles. The summed E-state index contributed by atoms with van der Waals surface area (Å²) in [6.45, 7) is 0. The summed E-state index contributed by atoms with van der Waals surface area (Å²) in [6.07, 6.45) is 0. The van der Waals surface area contributed by atoms with E-state index in [0.717, 1.165) is 9.86 Å². The van der Waals surface area contributed by atoms with Crippen molar-refractivity contribution in [3.8, 4) is 0 Å². The van der Waals surface area contributed by atoms with Gasteiger partial charge in [0.25, 0.3) is 11.8 Å². The number of nitrogens with one attached hydrogen (secondary N) is 1. The Morgan fingerprint density at radius 3 is 2.54 bits per heavy atom. The Morgan fingerprint density at radius 1 is 1.08 bits per heavy atom. The second-order valence-electron chi connectivity index (χ2n) is 5.50. The van der Waals surface area contributed by atoms with Gasteiger partial charge in [0.2, 0.25) is 0 Å². The van der Waals surface area contributed by atoms with E-state index in [-0.39, 0.29) is 17.6 Å². The number of para-hydroxylation sites is 1. The summed E-state index contributed by atoms with van der Waals surface area (Å²) in [6, 6.07) is 14.1. The molecule has 0 unspecified atom stereocenters. The predicted molar refractivity (Wildman–Crippen MR) is 96.3 cm³/mol. The van der Waals surface area contributed by atoms with Crippen molar-refractivity contribution in [2.75, 3.05) is 19.4 Å². The van der Waals surface area contributed by atoms with Crippen molar-refractivity contribution in [2.24, 2.45) is 0 Å². The molecule has 3 aromatic rings. The molecule has 1 heterocycles. The highest BCUT2D eigenvalue weighted by Gasteiger charge is 2.15. The Morgan fingerprint density at radius 2 is 1.83 bits per heavy atom. The summed E-state index contributed by atoms with van der Waals surface area (Å²) in [5.74, 6) is -0.285. The number of carbonyl (C=O) groups is 2. The minimum atomic E-state index is -0.368. The summed E-state index contributed by atoms with van der Waals surface area (Å²) < 4.78 is 6.40. The number of hydrogen-bond donors (Lipinski definition) is 1. The molecule has 0 aliphatic rings. The molecule has 122 valence electrons. The van der Waals surface area contributed by atoms with Crippen molar-refractivity contribution >= 4 is 44.4 Å². The maximum atomic E-state index is 12.4. The number of benzene rings is 2. The van der Waals surface area contributed by atoms with Crippen LogP contribution >= 0.6 is 15.9 Å². The van der Waals surface area contributed by atoms with Crippen molar-refractivity contribution in [3.63, 3.8) is 0 Å². The lowest BCUT2D eigenvalue weighted by Gasteiger charge is -2.11. The standard InChI is InChI=1S/C18H15BrN2O3/c1-21(2)18(23)12-6-3-7-13(9-12)20-17(22)15-10-11-5-4-8-14(19)16(11)24-15/h3-10H,1-2H3,(H,20,22). The van der Waals surface area contributed by atoms with Crippen LogP contribution in [-0.4, -0.2) is 30.8 Å². The van der Waals surface area contributed by atoms with Crippen LogP contribution in [0, 0.1) is 0 Å². The molecule has 2 amide bonds. The third-order valence-corrected chi connectivity index (χ3v) is 4.12. The Kier molecular flexibility index (Phi) is 4.40. The lowest BCUT2D eigenvalue weighted by atomic mass is 10.2. The Labute approximate surface area is 147 Å². The largest absolute Gasteiger partial charge is 0.450 e. The maximum Gasteiger partial charge on any atom is 0.291 e. The lowest BCUT2D eigenvalue weighted by molar-refractivity contribution is 0.0827. The van der Waals surface area contributed by atoms with Gasteiger partial charge in [-0.2, -0.15) is 0 Å². The van der Waals surface area contributed by atoms with Gasteiger partial charge >= 0.3 is 0 Å². The summed E-state index contributed by atoms with van der Waals surface area (Å²) in [4.78, 5) is 25.9. The second-order valence-corrected chi connectivity index (χ2v) is 6.36. The zero-order valence-corrected chi connectivity index (χ0v) is 14.8. The van der Waals surface area contributed by atoms with Gasteiger partial charge in [-0.3, -0.25) is 9.59 Å². The van der Waals surface area contributed by atoms with Crippen LogP contribution < -0.4 is 5.32 Å². The van der Waals surface area contributed by atoms with Crippen LogP contribution in [0.2, 0.25) is 0 Å². The van der Waals surface area contributed by atoms with Crippen molar-refractivity contribution < 1.29 is 14.0 Å². The smallest absolute Gasteiger partial charge is 0.291 e. The zero-order chi connectivity index (χ0) is 17.3. The fraction of sp³-hybridized carbons (Fsp3) is 0.111. The summed E-state index contributed by atoms with van der Waals surface area (Å²) in [5.41, 5.74) is 1.66. The average Bonchev–Trinajstić information content (AvgIpc) is 3.00. The first-order chi connectivity index (χ1) is 11.5. The van der Waals surface area contributed by atoms with E-state index in [4.69, 9.17) is 4.42 Å². The van der Waals surface area contributed by atoms with E-state index >= 15 is 0 Å². The molecule has 6 heteroatoms. The van der Waals surface area contributed by atoms with Gasteiger partial charge in [0.1, 0.15) is 5.58 Å². The SMILES string of the molecule is CN(C)C(=O)c1cccc(NC(=O)c2cc3cccc(Br)c3o2)c1. The zero-order valence-electron chi connectivity index (χ0n) is 13.2. The summed E-state index contributed by atoms with van der Waals surface area (Å²) in [7, 11) is 3.36. The van der Waals surface area contributed by atoms with E-state index in [1.54, 1.807) is 44.4 Å². The van der Waals surface area contributed by atoms with Gasteiger partial charge in [-0.05, 0) is 46.3 Å². The Balaban J connectivity index is 1.85. The molecule has 3 rings (SSSR count). The van der Waals surface area contributed by atoms with Gasteiger partial charge in [-0.25, -0.2) is 0 Å².